The predicted octanol–water partition coefficient (Wildman–Crippen LogP) is 3.45. The number of carbonyl (C=O) groups excluding carboxylic acids is 2. The summed E-state index contributed by atoms with van der Waals surface area (Å²) >= 11 is 11.1. The van der Waals surface area contributed by atoms with Gasteiger partial charge in [0.15, 0.2) is 5.11 Å². The van der Waals surface area contributed by atoms with Crippen LogP contribution < -0.4 is 15.5 Å². The highest BCUT2D eigenvalue weighted by atomic mass is 35.5. The highest BCUT2D eigenvalue weighted by molar-refractivity contribution is 7.80. The van der Waals surface area contributed by atoms with E-state index in [4.69, 9.17) is 23.8 Å². The highest BCUT2D eigenvalue weighted by Gasteiger charge is 2.12. The van der Waals surface area contributed by atoms with E-state index in [-0.39, 0.29) is 11.0 Å². The molecule has 2 rings (SSSR count). The van der Waals surface area contributed by atoms with Gasteiger partial charge in [0.25, 0.3) is 5.91 Å². The molecule has 0 unspecified atom stereocenters. The molecule has 0 fully saturated rings. The lowest BCUT2D eigenvalue weighted by Crippen LogP contribution is -2.34. The molecule has 0 aliphatic rings. The number of anilines is 2. The van der Waals surface area contributed by atoms with Gasteiger partial charge in [0.2, 0.25) is 5.91 Å². The van der Waals surface area contributed by atoms with E-state index in [1.807, 2.05) is 0 Å². The molecule has 0 heterocycles. The first-order chi connectivity index (χ1) is 11.4. The van der Waals surface area contributed by atoms with Gasteiger partial charge in [0, 0.05) is 25.3 Å². The lowest BCUT2D eigenvalue weighted by atomic mass is 10.2. The Morgan fingerprint density at radius 2 is 1.83 bits per heavy atom. The number of thiocarbonyl (C=S) groups is 1. The SMILES string of the molecule is CC(=O)N(C)c1cccc(NC(=S)NC(=O)c2ccccc2Cl)c1. The summed E-state index contributed by atoms with van der Waals surface area (Å²) in [6, 6.07) is 13.8. The van der Waals surface area contributed by atoms with Crippen LogP contribution in [0.4, 0.5) is 11.4 Å². The number of hydrogen-bond acceptors (Lipinski definition) is 3. The molecule has 24 heavy (non-hydrogen) atoms. The Morgan fingerprint density at radius 3 is 2.50 bits per heavy atom. The molecule has 0 radical (unpaired) electrons. The van der Waals surface area contributed by atoms with Crippen LogP contribution in [0.1, 0.15) is 17.3 Å². The molecule has 0 atom stereocenters. The Bertz CT molecular complexity index is 795. The van der Waals surface area contributed by atoms with Crippen molar-refractivity contribution in [3.63, 3.8) is 0 Å². The molecule has 0 bridgehead atoms. The normalized spacial score (nSPS) is 9.96. The van der Waals surface area contributed by atoms with Gasteiger partial charge in [-0.1, -0.05) is 29.8 Å². The fraction of sp³-hybridized carbons (Fsp3) is 0.118. The Morgan fingerprint density at radius 1 is 1.12 bits per heavy atom. The third-order valence-corrected chi connectivity index (χ3v) is 3.84. The first-order valence-electron chi connectivity index (χ1n) is 7.09. The molecule has 0 aliphatic heterocycles. The molecular formula is C17H16ClN3O2S. The fourth-order valence-corrected chi connectivity index (χ4v) is 2.38. The molecule has 2 aromatic rings. The highest BCUT2D eigenvalue weighted by Crippen LogP contribution is 2.19. The zero-order valence-electron chi connectivity index (χ0n) is 13.2. The van der Waals surface area contributed by atoms with Crippen molar-refractivity contribution < 1.29 is 9.59 Å². The van der Waals surface area contributed by atoms with E-state index in [0.717, 1.165) is 0 Å². The lowest BCUT2D eigenvalue weighted by molar-refractivity contribution is -0.116. The molecule has 0 spiro atoms. The smallest absolute Gasteiger partial charge is 0.258 e. The van der Waals surface area contributed by atoms with E-state index >= 15 is 0 Å². The molecule has 2 aromatic carbocycles. The lowest BCUT2D eigenvalue weighted by Gasteiger charge is -2.16. The van der Waals surface area contributed by atoms with Crippen molar-refractivity contribution in [1.29, 1.82) is 0 Å². The number of halogens is 1. The molecule has 0 aliphatic carbocycles. The minimum Gasteiger partial charge on any atom is -0.332 e. The second-order valence-corrected chi connectivity index (χ2v) is 5.83. The third-order valence-electron chi connectivity index (χ3n) is 3.31. The van der Waals surface area contributed by atoms with Crippen molar-refractivity contribution in [3.05, 3.63) is 59.1 Å². The van der Waals surface area contributed by atoms with E-state index in [2.05, 4.69) is 10.6 Å². The van der Waals surface area contributed by atoms with Gasteiger partial charge in [-0.05, 0) is 42.5 Å². The summed E-state index contributed by atoms with van der Waals surface area (Å²) in [4.78, 5) is 25.1. The monoisotopic (exact) mass is 361 g/mol. The van der Waals surface area contributed by atoms with Crippen molar-refractivity contribution in [2.75, 3.05) is 17.3 Å². The van der Waals surface area contributed by atoms with Crippen molar-refractivity contribution in [2.24, 2.45) is 0 Å². The fourth-order valence-electron chi connectivity index (χ4n) is 1.95. The first-order valence-corrected chi connectivity index (χ1v) is 7.88. The van der Waals surface area contributed by atoms with Crippen LogP contribution in [-0.4, -0.2) is 24.0 Å². The molecule has 5 nitrogen and oxygen atoms in total. The van der Waals surface area contributed by atoms with E-state index in [1.54, 1.807) is 55.6 Å². The molecule has 0 aromatic heterocycles. The Labute approximate surface area is 150 Å². The number of hydrogen-bond donors (Lipinski definition) is 2. The second kappa shape index (κ2) is 7.90. The van der Waals surface area contributed by atoms with Crippen LogP contribution in [0.5, 0.6) is 0 Å². The van der Waals surface area contributed by atoms with Crippen molar-refractivity contribution >= 4 is 52.1 Å². The Kier molecular flexibility index (Phi) is 5.89. The Balaban J connectivity index is 2.05. The van der Waals surface area contributed by atoms with Gasteiger partial charge in [0.05, 0.1) is 10.6 Å². The van der Waals surface area contributed by atoms with Crippen LogP contribution in [0, 0.1) is 0 Å². The standard InChI is InChI=1S/C17H16ClN3O2S/c1-11(22)21(2)13-7-5-6-12(10-13)19-17(24)20-16(23)14-8-3-4-9-15(14)18/h3-10H,1-2H3,(H2,19,20,23,24). The van der Waals surface area contributed by atoms with E-state index in [9.17, 15) is 9.59 Å². The number of amides is 2. The largest absolute Gasteiger partial charge is 0.332 e. The van der Waals surface area contributed by atoms with Crippen molar-refractivity contribution in [2.45, 2.75) is 6.92 Å². The van der Waals surface area contributed by atoms with Gasteiger partial charge in [-0.2, -0.15) is 0 Å². The maximum Gasteiger partial charge on any atom is 0.258 e. The summed E-state index contributed by atoms with van der Waals surface area (Å²) in [5.41, 5.74) is 1.71. The summed E-state index contributed by atoms with van der Waals surface area (Å²) in [7, 11) is 1.68. The van der Waals surface area contributed by atoms with Gasteiger partial charge < -0.3 is 10.2 Å². The van der Waals surface area contributed by atoms with E-state index < -0.39 is 5.91 Å². The number of rotatable bonds is 3. The summed E-state index contributed by atoms with van der Waals surface area (Å²) in [5.74, 6) is -0.475. The maximum atomic E-state index is 12.2. The van der Waals surface area contributed by atoms with Crippen LogP contribution in [-0.2, 0) is 4.79 Å². The minimum absolute atomic E-state index is 0.0817. The van der Waals surface area contributed by atoms with Crippen LogP contribution >= 0.6 is 23.8 Å². The van der Waals surface area contributed by atoms with Gasteiger partial charge in [-0.25, -0.2) is 0 Å². The van der Waals surface area contributed by atoms with E-state index in [0.29, 0.717) is 22.0 Å². The Hall–Kier alpha value is -2.44. The maximum absolute atomic E-state index is 12.2. The quantitative estimate of drug-likeness (QED) is 0.822. The minimum atomic E-state index is -0.393. The molecule has 0 saturated carbocycles. The summed E-state index contributed by atoms with van der Waals surface area (Å²) in [6.07, 6.45) is 0. The second-order valence-electron chi connectivity index (χ2n) is 5.02. The van der Waals surface area contributed by atoms with Gasteiger partial charge >= 0.3 is 0 Å². The summed E-state index contributed by atoms with van der Waals surface area (Å²) < 4.78 is 0. The van der Waals surface area contributed by atoms with Crippen LogP contribution in [0.25, 0.3) is 0 Å². The topological polar surface area (TPSA) is 61.4 Å². The number of carbonyl (C=O) groups is 2. The molecular weight excluding hydrogens is 346 g/mol. The molecule has 124 valence electrons. The van der Waals surface area contributed by atoms with Gasteiger partial charge in [0.1, 0.15) is 0 Å². The average Bonchev–Trinajstić information content (AvgIpc) is 2.54. The molecule has 0 saturated heterocycles. The summed E-state index contributed by atoms with van der Waals surface area (Å²) in [6.45, 7) is 1.48. The third kappa shape index (κ3) is 4.53. The average molecular weight is 362 g/mol. The van der Waals surface area contributed by atoms with Crippen molar-refractivity contribution in [1.82, 2.24) is 5.32 Å². The molecule has 2 amide bonds. The number of benzene rings is 2. The zero-order valence-corrected chi connectivity index (χ0v) is 14.7. The molecule has 7 heteroatoms. The van der Waals surface area contributed by atoms with Crippen LogP contribution in [0.3, 0.4) is 0 Å². The zero-order chi connectivity index (χ0) is 17.7. The van der Waals surface area contributed by atoms with Gasteiger partial charge in [-0.3, -0.25) is 14.9 Å². The van der Waals surface area contributed by atoms with Crippen molar-refractivity contribution in [3.8, 4) is 0 Å². The first kappa shape index (κ1) is 17.9. The molecule has 2 N–H and O–H groups in total. The predicted molar refractivity (Wildman–Crippen MR) is 101 cm³/mol. The summed E-state index contributed by atoms with van der Waals surface area (Å²) in [5, 5.41) is 5.98. The van der Waals surface area contributed by atoms with E-state index in [1.165, 1.54) is 11.8 Å². The number of nitrogens with zero attached hydrogens (tertiary/aromatic N) is 1. The number of nitrogens with one attached hydrogen (secondary N) is 2. The van der Waals surface area contributed by atoms with Crippen LogP contribution in [0.15, 0.2) is 48.5 Å². The van der Waals surface area contributed by atoms with Gasteiger partial charge in [-0.15, -0.1) is 0 Å². The van der Waals surface area contributed by atoms with Crippen LogP contribution in [0.2, 0.25) is 5.02 Å².